The zero-order valence-corrected chi connectivity index (χ0v) is 18.9. The SMILES string of the molecule is CCOC(=O)N[C@H](CC(=O)N/N=C\c1ccc(-c2ccc(C(=O)O)c(Cl)c2)o1)c1ccccc1. The number of carboxylic acid groups (broad SMARTS) is 1. The highest BCUT2D eigenvalue weighted by Crippen LogP contribution is 2.27. The van der Waals surface area contributed by atoms with Crippen LogP contribution in [0.3, 0.4) is 0 Å². The number of hydrogen-bond acceptors (Lipinski definition) is 6. The van der Waals surface area contributed by atoms with Crippen molar-refractivity contribution in [2.45, 2.75) is 19.4 Å². The molecule has 1 atom stereocenters. The summed E-state index contributed by atoms with van der Waals surface area (Å²) in [5.74, 6) is -0.733. The maximum Gasteiger partial charge on any atom is 0.407 e. The number of furan rings is 1. The van der Waals surface area contributed by atoms with Gasteiger partial charge in [-0.15, -0.1) is 0 Å². The van der Waals surface area contributed by atoms with E-state index in [0.29, 0.717) is 17.1 Å². The van der Waals surface area contributed by atoms with Crippen molar-refractivity contribution in [1.29, 1.82) is 0 Å². The Morgan fingerprint density at radius 1 is 1.15 bits per heavy atom. The van der Waals surface area contributed by atoms with Crippen molar-refractivity contribution in [3.05, 3.63) is 82.6 Å². The van der Waals surface area contributed by atoms with E-state index in [4.69, 9.17) is 25.9 Å². The first-order valence-corrected chi connectivity index (χ1v) is 10.7. The first kappa shape index (κ1) is 24.5. The summed E-state index contributed by atoms with van der Waals surface area (Å²) in [6, 6.07) is 16.2. The van der Waals surface area contributed by atoms with Crippen LogP contribution in [0, 0.1) is 0 Å². The molecule has 2 amide bonds. The molecule has 0 bridgehead atoms. The molecule has 0 radical (unpaired) electrons. The number of nitrogens with zero attached hydrogens (tertiary/aromatic N) is 1. The molecule has 1 heterocycles. The highest BCUT2D eigenvalue weighted by atomic mass is 35.5. The molecule has 0 aliphatic heterocycles. The Bertz CT molecular complexity index is 1190. The number of ether oxygens (including phenoxy) is 1. The molecule has 10 heteroatoms. The minimum absolute atomic E-state index is 0.00674. The summed E-state index contributed by atoms with van der Waals surface area (Å²) in [6.45, 7) is 1.91. The third kappa shape index (κ3) is 6.69. The minimum atomic E-state index is -1.12. The fourth-order valence-electron chi connectivity index (χ4n) is 3.07. The largest absolute Gasteiger partial charge is 0.478 e. The molecule has 0 spiro atoms. The number of halogens is 1. The number of hydrazone groups is 1. The topological polar surface area (TPSA) is 130 Å². The third-order valence-electron chi connectivity index (χ3n) is 4.65. The average Bonchev–Trinajstić information content (AvgIpc) is 3.28. The van der Waals surface area contributed by atoms with Gasteiger partial charge in [-0.1, -0.05) is 48.0 Å². The van der Waals surface area contributed by atoms with E-state index < -0.39 is 24.0 Å². The highest BCUT2D eigenvalue weighted by Gasteiger charge is 2.19. The van der Waals surface area contributed by atoms with Gasteiger partial charge in [-0.3, -0.25) is 4.79 Å². The van der Waals surface area contributed by atoms with Gasteiger partial charge in [-0.2, -0.15) is 5.10 Å². The van der Waals surface area contributed by atoms with Crippen LogP contribution >= 0.6 is 11.6 Å². The van der Waals surface area contributed by atoms with Crippen LogP contribution in [0.1, 0.15) is 41.1 Å². The van der Waals surface area contributed by atoms with Crippen LogP contribution < -0.4 is 10.7 Å². The Morgan fingerprint density at radius 2 is 1.91 bits per heavy atom. The number of amides is 2. The number of carbonyl (C=O) groups excluding carboxylic acids is 2. The summed E-state index contributed by atoms with van der Waals surface area (Å²) in [6.07, 6.45) is 0.649. The van der Waals surface area contributed by atoms with Gasteiger partial charge in [-0.05, 0) is 36.8 Å². The molecule has 176 valence electrons. The molecule has 0 aliphatic carbocycles. The molecule has 34 heavy (non-hydrogen) atoms. The second-order valence-corrected chi connectivity index (χ2v) is 7.43. The second-order valence-electron chi connectivity index (χ2n) is 7.03. The van der Waals surface area contributed by atoms with Crippen LogP contribution in [0.5, 0.6) is 0 Å². The molecule has 0 fully saturated rings. The van der Waals surface area contributed by atoms with E-state index in [-0.39, 0.29) is 23.6 Å². The number of nitrogens with one attached hydrogen (secondary N) is 2. The number of carbonyl (C=O) groups is 3. The Labute approximate surface area is 200 Å². The van der Waals surface area contributed by atoms with Crippen molar-refractivity contribution < 1.29 is 28.6 Å². The predicted molar refractivity (Wildman–Crippen MR) is 126 cm³/mol. The van der Waals surface area contributed by atoms with E-state index >= 15 is 0 Å². The Balaban J connectivity index is 1.62. The van der Waals surface area contributed by atoms with Crippen LogP contribution in [0.4, 0.5) is 4.79 Å². The molecule has 3 aromatic rings. The van der Waals surface area contributed by atoms with Gasteiger partial charge in [0.1, 0.15) is 11.5 Å². The van der Waals surface area contributed by atoms with E-state index in [1.165, 1.54) is 18.3 Å². The Morgan fingerprint density at radius 3 is 2.59 bits per heavy atom. The lowest BCUT2D eigenvalue weighted by Crippen LogP contribution is -2.33. The van der Waals surface area contributed by atoms with Crippen LogP contribution in [0.2, 0.25) is 5.02 Å². The van der Waals surface area contributed by atoms with Crippen molar-refractivity contribution in [3.63, 3.8) is 0 Å². The number of aromatic carboxylic acids is 1. The summed E-state index contributed by atoms with van der Waals surface area (Å²) in [7, 11) is 0. The van der Waals surface area contributed by atoms with E-state index in [1.54, 1.807) is 37.3 Å². The minimum Gasteiger partial charge on any atom is -0.478 e. The normalized spacial score (nSPS) is 11.7. The molecule has 0 saturated carbocycles. The van der Waals surface area contributed by atoms with Crippen LogP contribution in [-0.2, 0) is 9.53 Å². The van der Waals surface area contributed by atoms with Gasteiger partial charge in [0.2, 0.25) is 5.91 Å². The first-order valence-electron chi connectivity index (χ1n) is 10.3. The van der Waals surface area contributed by atoms with Gasteiger partial charge in [0.05, 0.1) is 35.9 Å². The third-order valence-corrected chi connectivity index (χ3v) is 4.96. The maximum atomic E-state index is 12.4. The second kappa shape index (κ2) is 11.7. The highest BCUT2D eigenvalue weighted by molar-refractivity contribution is 6.33. The molecule has 9 nitrogen and oxygen atoms in total. The fourth-order valence-corrected chi connectivity index (χ4v) is 3.33. The molecule has 3 N–H and O–H groups in total. The molecule has 3 rings (SSSR count). The Hall–Kier alpha value is -4.11. The van der Waals surface area contributed by atoms with Crippen LogP contribution in [0.25, 0.3) is 11.3 Å². The molecule has 0 unspecified atom stereocenters. The summed E-state index contributed by atoms with van der Waals surface area (Å²) >= 11 is 6.00. The Kier molecular flexibility index (Phi) is 8.42. The van der Waals surface area contributed by atoms with Gasteiger partial charge in [-0.25, -0.2) is 15.0 Å². The van der Waals surface area contributed by atoms with Crippen molar-refractivity contribution in [2.24, 2.45) is 5.10 Å². The summed E-state index contributed by atoms with van der Waals surface area (Å²) in [4.78, 5) is 35.3. The van der Waals surface area contributed by atoms with Crippen molar-refractivity contribution >= 4 is 35.8 Å². The summed E-state index contributed by atoms with van der Waals surface area (Å²) in [5, 5.41) is 15.7. The monoisotopic (exact) mass is 483 g/mol. The first-order chi connectivity index (χ1) is 16.4. The van der Waals surface area contributed by atoms with Gasteiger partial charge in [0.15, 0.2) is 0 Å². The summed E-state index contributed by atoms with van der Waals surface area (Å²) in [5.41, 5.74) is 3.74. The molecule has 2 aromatic carbocycles. The molecule has 1 aromatic heterocycles. The lowest BCUT2D eigenvalue weighted by Gasteiger charge is -2.17. The fraction of sp³-hybridized carbons (Fsp3) is 0.167. The van der Waals surface area contributed by atoms with Crippen LogP contribution in [-0.4, -0.2) is 35.9 Å². The standard InChI is InChI=1S/C24H22ClN3O6/c1-2-33-24(32)27-20(15-6-4-3-5-7-15)13-22(29)28-26-14-17-9-11-21(34-17)16-8-10-18(23(30)31)19(25)12-16/h3-12,14,20H,2,13H2,1H3,(H,27,32)(H,28,29)(H,30,31)/b26-14-/t20-/m1/s1. The number of hydrogen-bond donors (Lipinski definition) is 3. The molecule has 0 saturated heterocycles. The van der Waals surface area contributed by atoms with E-state index in [9.17, 15) is 14.4 Å². The molecule has 0 aliphatic rings. The van der Waals surface area contributed by atoms with Crippen molar-refractivity contribution in [3.8, 4) is 11.3 Å². The average molecular weight is 484 g/mol. The van der Waals surface area contributed by atoms with Crippen molar-refractivity contribution in [2.75, 3.05) is 6.61 Å². The zero-order chi connectivity index (χ0) is 24.5. The smallest absolute Gasteiger partial charge is 0.407 e. The number of carboxylic acids is 1. The molecular weight excluding hydrogens is 462 g/mol. The van der Waals surface area contributed by atoms with E-state index in [1.807, 2.05) is 18.2 Å². The van der Waals surface area contributed by atoms with Crippen LogP contribution in [0.15, 0.2) is 70.2 Å². The van der Waals surface area contributed by atoms with Crippen molar-refractivity contribution in [1.82, 2.24) is 10.7 Å². The quantitative estimate of drug-likeness (QED) is 0.300. The van der Waals surface area contributed by atoms with Gasteiger partial charge >= 0.3 is 12.1 Å². The zero-order valence-electron chi connectivity index (χ0n) is 18.2. The van der Waals surface area contributed by atoms with E-state index in [2.05, 4.69) is 15.8 Å². The van der Waals surface area contributed by atoms with Gasteiger partial charge in [0, 0.05) is 5.56 Å². The lowest BCUT2D eigenvalue weighted by atomic mass is 10.0. The maximum absolute atomic E-state index is 12.4. The van der Waals surface area contributed by atoms with Gasteiger partial charge < -0.3 is 19.6 Å². The predicted octanol–water partition coefficient (Wildman–Crippen LogP) is 4.63. The number of alkyl carbamates (subject to hydrolysis) is 1. The van der Waals surface area contributed by atoms with Gasteiger partial charge in [0.25, 0.3) is 0 Å². The number of benzene rings is 2. The number of rotatable bonds is 9. The summed E-state index contributed by atoms with van der Waals surface area (Å²) < 4.78 is 10.6. The lowest BCUT2D eigenvalue weighted by molar-refractivity contribution is -0.121. The van der Waals surface area contributed by atoms with E-state index in [0.717, 1.165) is 5.56 Å². The molecular formula is C24H22ClN3O6.